The first kappa shape index (κ1) is 26.6. The number of pyridine rings is 1. The minimum atomic E-state index is -0.956. The molecule has 2 saturated carbocycles. The number of carbonyl (C=O) groups excluding carboxylic acids is 1. The molecule has 2 heterocycles. The average molecular weight is 513 g/mol. The van der Waals surface area contributed by atoms with Crippen LogP contribution in [0.15, 0.2) is 24.4 Å². The molecule has 0 aliphatic heterocycles. The Morgan fingerprint density at radius 2 is 1.72 bits per heavy atom. The number of ether oxygens (including phenoxy) is 1. The topological polar surface area (TPSA) is 79.7 Å². The fourth-order valence-corrected chi connectivity index (χ4v) is 6.44. The number of aryl methyl sites for hydroxylation is 1. The van der Waals surface area contributed by atoms with Crippen LogP contribution in [0.5, 0.6) is 5.88 Å². The molecule has 4 rings (SSSR count). The second-order valence-electron chi connectivity index (χ2n) is 11.8. The van der Waals surface area contributed by atoms with Crippen molar-refractivity contribution in [2.45, 2.75) is 104 Å². The second kappa shape index (κ2) is 10.9. The third-order valence-electron chi connectivity index (χ3n) is 7.69. The molecule has 196 valence electrons. The summed E-state index contributed by atoms with van der Waals surface area (Å²) in [5, 5.41) is 10.1. The first-order valence-corrected chi connectivity index (χ1v) is 14.1. The predicted octanol–water partition coefficient (Wildman–Crippen LogP) is 7.00. The Bertz CT molecular complexity index is 1060. The van der Waals surface area contributed by atoms with Crippen LogP contribution in [0.1, 0.15) is 99.2 Å². The molecular weight excluding hydrogens is 472 g/mol. The third-order valence-corrected chi connectivity index (χ3v) is 9.23. The summed E-state index contributed by atoms with van der Waals surface area (Å²) in [7, 11) is 0. The fraction of sp³-hybridized carbons (Fsp3) is 0.621. The first-order valence-electron chi connectivity index (χ1n) is 13.3. The van der Waals surface area contributed by atoms with Gasteiger partial charge in [-0.3, -0.25) is 4.79 Å². The second-order valence-corrected chi connectivity index (χ2v) is 12.8. The zero-order chi connectivity index (χ0) is 26.0. The quantitative estimate of drug-likeness (QED) is 0.451. The van der Waals surface area contributed by atoms with E-state index < -0.39 is 5.97 Å². The van der Waals surface area contributed by atoms with Crippen LogP contribution in [-0.2, 0) is 10.2 Å². The Morgan fingerprint density at radius 1 is 1.06 bits per heavy atom. The molecule has 1 amide bonds. The van der Waals surface area contributed by atoms with Gasteiger partial charge in [-0.1, -0.05) is 33.8 Å². The van der Waals surface area contributed by atoms with E-state index in [-0.39, 0.29) is 34.3 Å². The van der Waals surface area contributed by atoms with Crippen LogP contribution >= 0.6 is 11.3 Å². The van der Waals surface area contributed by atoms with Gasteiger partial charge in [0.1, 0.15) is 11.0 Å². The lowest BCUT2D eigenvalue weighted by Gasteiger charge is -2.39. The number of nitrogens with zero attached hydrogens (tertiary/aromatic N) is 2. The predicted molar refractivity (Wildman–Crippen MR) is 144 cm³/mol. The molecule has 2 aromatic heterocycles. The molecule has 6 nitrogen and oxygen atoms in total. The number of amides is 1. The summed E-state index contributed by atoms with van der Waals surface area (Å²) in [6, 6.07) is 5.84. The molecule has 1 N–H and O–H groups in total. The van der Waals surface area contributed by atoms with Crippen LogP contribution in [-0.4, -0.2) is 34.1 Å². The van der Waals surface area contributed by atoms with Gasteiger partial charge in [0, 0.05) is 29.1 Å². The van der Waals surface area contributed by atoms with Gasteiger partial charge >= 0.3 is 5.97 Å². The van der Waals surface area contributed by atoms with Gasteiger partial charge in [-0.2, -0.15) is 0 Å². The van der Waals surface area contributed by atoms with Gasteiger partial charge in [-0.15, -0.1) is 11.3 Å². The number of carbonyl (C=O) groups is 2. The number of thiophene rings is 1. The molecule has 2 aliphatic carbocycles. The number of hydrogen-bond donors (Lipinski definition) is 1. The SMILES string of the molecule is Cc1ccc(O[C@H]2CC[C@H](N(c3cc(C(C)(C)C)sc3C(=O)O)C(=O)[C@H]3CC[C@H](C)CC3)CC2)nc1. The lowest BCUT2D eigenvalue weighted by atomic mass is 9.81. The van der Waals surface area contributed by atoms with Crippen molar-refractivity contribution in [2.75, 3.05) is 4.90 Å². The van der Waals surface area contributed by atoms with E-state index in [1.54, 1.807) is 0 Å². The molecule has 0 aromatic carbocycles. The van der Waals surface area contributed by atoms with Crippen molar-refractivity contribution < 1.29 is 19.4 Å². The van der Waals surface area contributed by atoms with Crippen LogP contribution in [0.2, 0.25) is 0 Å². The number of aromatic carboxylic acids is 1. The van der Waals surface area contributed by atoms with Crippen molar-refractivity contribution in [1.82, 2.24) is 4.98 Å². The van der Waals surface area contributed by atoms with Crippen molar-refractivity contribution in [3.8, 4) is 5.88 Å². The molecule has 36 heavy (non-hydrogen) atoms. The van der Waals surface area contributed by atoms with Gasteiger partial charge in [0.15, 0.2) is 0 Å². The van der Waals surface area contributed by atoms with Crippen LogP contribution in [0.25, 0.3) is 0 Å². The Kier molecular flexibility index (Phi) is 8.08. The monoisotopic (exact) mass is 512 g/mol. The Balaban J connectivity index is 1.59. The molecule has 0 radical (unpaired) electrons. The van der Waals surface area contributed by atoms with Crippen molar-refractivity contribution in [3.05, 3.63) is 39.7 Å². The molecule has 2 aliphatic rings. The molecular formula is C29H40N2O4S. The van der Waals surface area contributed by atoms with Gasteiger partial charge in [0.05, 0.1) is 5.69 Å². The average Bonchev–Trinajstić information content (AvgIpc) is 3.28. The molecule has 2 aromatic rings. The highest BCUT2D eigenvalue weighted by atomic mass is 32.1. The van der Waals surface area contributed by atoms with Crippen molar-refractivity contribution in [1.29, 1.82) is 0 Å². The lowest BCUT2D eigenvalue weighted by molar-refractivity contribution is -0.124. The molecule has 0 bridgehead atoms. The Morgan fingerprint density at radius 3 is 2.28 bits per heavy atom. The van der Waals surface area contributed by atoms with E-state index in [2.05, 4.69) is 32.7 Å². The highest BCUT2D eigenvalue weighted by Crippen LogP contribution is 2.42. The maximum Gasteiger partial charge on any atom is 0.348 e. The van der Waals surface area contributed by atoms with Gasteiger partial charge in [-0.05, 0) is 81.3 Å². The number of rotatable bonds is 6. The molecule has 0 unspecified atom stereocenters. The highest BCUT2D eigenvalue weighted by molar-refractivity contribution is 7.14. The van der Waals surface area contributed by atoms with Crippen LogP contribution in [0, 0.1) is 18.8 Å². The van der Waals surface area contributed by atoms with Gasteiger partial charge in [0.25, 0.3) is 0 Å². The molecule has 0 atom stereocenters. The van der Waals surface area contributed by atoms with E-state index in [0.29, 0.717) is 17.5 Å². The molecule has 7 heteroatoms. The minimum Gasteiger partial charge on any atom is -0.477 e. The zero-order valence-corrected chi connectivity index (χ0v) is 23.1. The summed E-state index contributed by atoms with van der Waals surface area (Å²) in [4.78, 5) is 33.9. The summed E-state index contributed by atoms with van der Waals surface area (Å²) in [6.45, 7) is 10.5. The first-order chi connectivity index (χ1) is 17.0. The standard InChI is InChI=1S/C29H40N2O4S/c1-18-6-9-20(10-7-18)27(32)31(23-16-24(29(3,4)5)36-26(23)28(33)34)21-11-13-22(14-12-21)35-25-15-8-19(2)17-30-25/h8,15-18,20-22H,6-7,9-14H2,1-5H3,(H,33,34)/t18-,20-,21-,22-. The van der Waals surface area contributed by atoms with E-state index in [1.807, 2.05) is 36.2 Å². The van der Waals surface area contributed by atoms with E-state index in [4.69, 9.17) is 4.74 Å². The smallest absolute Gasteiger partial charge is 0.348 e. The molecule has 2 fully saturated rings. The van der Waals surface area contributed by atoms with Crippen LogP contribution < -0.4 is 9.64 Å². The maximum atomic E-state index is 14.0. The van der Waals surface area contributed by atoms with Gasteiger partial charge in [0.2, 0.25) is 11.8 Å². The van der Waals surface area contributed by atoms with Gasteiger partial charge < -0.3 is 14.7 Å². The maximum absolute atomic E-state index is 14.0. The van der Waals surface area contributed by atoms with Crippen molar-refractivity contribution >= 4 is 28.9 Å². The van der Waals surface area contributed by atoms with E-state index >= 15 is 0 Å². The Hall–Kier alpha value is -2.41. The largest absolute Gasteiger partial charge is 0.477 e. The van der Waals surface area contributed by atoms with Crippen molar-refractivity contribution in [3.63, 3.8) is 0 Å². The zero-order valence-electron chi connectivity index (χ0n) is 22.3. The molecule has 0 spiro atoms. The number of carboxylic acids is 1. The summed E-state index contributed by atoms with van der Waals surface area (Å²) in [6.07, 6.45) is 8.91. The van der Waals surface area contributed by atoms with E-state index in [9.17, 15) is 14.7 Å². The number of aromatic nitrogens is 1. The normalized spacial score (nSPS) is 24.8. The Labute approximate surface area is 219 Å². The highest BCUT2D eigenvalue weighted by Gasteiger charge is 2.38. The summed E-state index contributed by atoms with van der Waals surface area (Å²) < 4.78 is 6.14. The fourth-order valence-electron chi connectivity index (χ4n) is 5.40. The minimum absolute atomic E-state index is 0.0248. The summed E-state index contributed by atoms with van der Waals surface area (Å²) in [5.74, 6) is 0.393. The van der Waals surface area contributed by atoms with E-state index in [1.165, 1.54) is 11.3 Å². The number of carboxylic acid groups (broad SMARTS) is 1. The summed E-state index contributed by atoms with van der Waals surface area (Å²) >= 11 is 1.31. The summed E-state index contributed by atoms with van der Waals surface area (Å²) in [5.41, 5.74) is 1.50. The van der Waals surface area contributed by atoms with Crippen LogP contribution in [0.3, 0.4) is 0 Å². The number of anilines is 1. The lowest BCUT2D eigenvalue weighted by Crippen LogP contribution is -2.47. The molecule has 0 saturated heterocycles. The van der Waals surface area contributed by atoms with Gasteiger partial charge in [-0.25, -0.2) is 9.78 Å². The van der Waals surface area contributed by atoms with Crippen LogP contribution in [0.4, 0.5) is 5.69 Å². The number of hydrogen-bond acceptors (Lipinski definition) is 5. The third kappa shape index (κ3) is 6.10. The van der Waals surface area contributed by atoms with Crippen molar-refractivity contribution in [2.24, 2.45) is 11.8 Å². The van der Waals surface area contributed by atoms with E-state index in [0.717, 1.165) is 61.8 Å².